The lowest BCUT2D eigenvalue weighted by atomic mass is 9.87. The number of ether oxygens (including phenoxy) is 2. The maximum atomic E-state index is 17.3. The molecule has 3 amide bonds. The number of aromatic nitrogens is 5. The summed E-state index contributed by atoms with van der Waals surface area (Å²) in [6.07, 6.45) is 8.33. The number of amides is 3. The summed E-state index contributed by atoms with van der Waals surface area (Å²) in [4.78, 5) is 73.5. The van der Waals surface area contributed by atoms with Crippen molar-refractivity contribution in [3.8, 4) is 23.0 Å². The normalized spacial score (nSPS) is 25.0. The Morgan fingerprint density at radius 2 is 1.69 bits per heavy atom. The second-order valence-corrected chi connectivity index (χ2v) is 23.7. The van der Waals surface area contributed by atoms with E-state index in [2.05, 4.69) is 25.1 Å². The van der Waals surface area contributed by atoms with Crippen molar-refractivity contribution in [1.82, 2.24) is 44.1 Å². The second-order valence-electron chi connectivity index (χ2n) is 23.7. The maximum Gasteiger partial charge on any atom is 0.409 e. The molecular formula is C59H69F3N10O8. The first kappa shape index (κ1) is 53.8. The summed E-state index contributed by atoms with van der Waals surface area (Å²) < 4.78 is 64.6. The van der Waals surface area contributed by atoms with Gasteiger partial charge in [0.25, 0.3) is 0 Å². The Kier molecular flexibility index (Phi) is 14.1. The molecule has 3 N–H and O–H groups in total. The predicted octanol–water partition coefficient (Wildman–Crippen LogP) is 7.57. The number of aryl methyl sites for hydroxylation is 2. The number of hydrogen-bond acceptors (Lipinski definition) is 14. The third kappa shape index (κ3) is 9.89. The molecule has 4 atom stereocenters. The van der Waals surface area contributed by atoms with Gasteiger partial charge in [0.1, 0.15) is 53.5 Å². The number of carbonyl (C=O) groups is 3. The van der Waals surface area contributed by atoms with Crippen molar-refractivity contribution in [3.63, 3.8) is 0 Å². The van der Waals surface area contributed by atoms with Gasteiger partial charge in [0, 0.05) is 76.8 Å². The van der Waals surface area contributed by atoms with E-state index in [4.69, 9.17) is 14.5 Å². The molecule has 21 heteroatoms. The number of phenols is 1. The Morgan fingerprint density at radius 1 is 0.900 bits per heavy atom. The number of halogens is 3. The van der Waals surface area contributed by atoms with Crippen LogP contribution in [0.5, 0.6) is 11.8 Å². The number of anilines is 1. The lowest BCUT2D eigenvalue weighted by Crippen LogP contribution is -2.51. The van der Waals surface area contributed by atoms with Crippen LogP contribution < -0.4 is 20.6 Å². The molecule has 0 saturated carbocycles. The molecule has 0 bridgehead atoms. The molecule has 6 aliphatic rings. The fourth-order valence-corrected chi connectivity index (χ4v) is 14.1. The number of fused-ring (bicyclic) bond motifs is 4. The summed E-state index contributed by atoms with van der Waals surface area (Å²) in [5, 5.41) is 25.6. The number of rotatable bonds is 12. The number of piperidine rings is 4. The van der Waals surface area contributed by atoms with E-state index in [-0.39, 0.29) is 117 Å². The Balaban J connectivity index is 0.671. The van der Waals surface area contributed by atoms with E-state index in [1.54, 1.807) is 29.5 Å². The number of aromatic hydroxyl groups is 1. The number of nitrogens with one attached hydrogen (secondary N) is 1. The number of likely N-dealkylation sites (tertiary alicyclic amines) is 2. The zero-order chi connectivity index (χ0) is 55.8. The third-order valence-electron chi connectivity index (χ3n) is 18.4. The number of β-amino-alcohol motifs (C(OH)–C–C–N with tert-alkyl or cyclic N) is 1. The Hall–Kier alpha value is -6.84. The molecule has 424 valence electrons. The van der Waals surface area contributed by atoms with E-state index in [9.17, 15) is 29.4 Å². The summed E-state index contributed by atoms with van der Waals surface area (Å²) in [5.41, 5.74) is -0.303. The number of benzene rings is 3. The number of alkyl halides is 1. The highest BCUT2D eigenvalue weighted by Gasteiger charge is 2.51. The molecule has 6 fully saturated rings. The van der Waals surface area contributed by atoms with E-state index < -0.39 is 46.5 Å². The lowest BCUT2D eigenvalue weighted by molar-refractivity contribution is -0.135. The van der Waals surface area contributed by atoms with Crippen molar-refractivity contribution in [2.75, 3.05) is 70.5 Å². The number of nitrogens with zero attached hydrogens (tertiary/aromatic N) is 9. The highest BCUT2D eigenvalue weighted by Crippen LogP contribution is 2.45. The minimum absolute atomic E-state index is 0.0462. The zero-order valence-corrected chi connectivity index (χ0v) is 45.6. The van der Waals surface area contributed by atoms with Gasteiger partial charge in [0.2, 0.25) is 11.8 Å². The summed E-state index contributed by atoms with van der Waals surface area (Å²) >= 11 is 0. The van der Waals surface area contributed by atoms with Crippen molar-refractivity contribution in [2.45, 2.75) is 132 Å². The number of imide groups is 1. The molecule has 0 spiro atoms. The first-order valence-corrected chi connectivity index (χ1v) is 28.5. The van der Waals surface area contributed by atoms with E-state index >= 15 is 13.2 Å². The lowest BCUT2D eigenvalue weighted by Gasteiger charge is -2.41. The number of carbonyl (C=O) groups excluding carboxylic acids is 3. The molecular weight excluding hydrogens is 1030 g/mol. The van der Waals surface area contributed by atoms with Crippen molar-refractivity contribution in [1.29, 1.82) is 0 Å². The van der Waals surface area contributed by atoms with Crippen LogP contribution >= 0.6 is 0 Å². The summed E-state index contributed by atoms with van der Waals surface area (Å²) in [6.45, 7) is 7.69. The number of hydrogen-bond donors (Lipinski definition) is 3. The van der Waals surface area contributed by atoms with Gasteiger partial charge in [-0.3, -0.25) is 33.9 Å². The van der Waals surface area contributed by atoms with E-state index in [1.165, 1.54) is 29.0 Å². The second kappa shape index (κ2) is 20.9. The van der Waals surface area contributed by atoms with Crippen LogP contribution in [0.1, 0.15) is 114 Å². The predicted molar refractivity (Wildman–Crippen MR) is 294 cm³/mol. The van der Waals surface area contributed by atoms with Crippen LogP contribution in [0.2, 0.25) is 0 Å². The van der Waals surface area contributed by atoms with Crippen LogP contribution in [-0.4, -0.2) is 155 Å². The van der Waals surface area contributed by atoms with Gasteiger partial charge < -0.3 is 34.4 Å². The van der Waals surface area contributed by atoms with Crippen molar-refractivity contribution in [3.05, 3.63) is 81.9 Å². The zero-order valence-electron chi connectivity index (χ0n) is 45.6. The number of pyridine rings is 1. The van der Waals surface area contributed by atoms with E-state index in [0.717, 1.165) is 56.1 Å². The molecule has 3 aromatic carbocycles. The van der Waals surface area contributed by atoms with Gasteiger partial charge in [-0.2, -0.15) is 9.97 Å². The number of aliphatic hydroxyl groups is 1. The highest BCUT2D eigenvalue weighted by molar-refractivity contribution is 6.02. The number of phenolic OH excluding ortho intramolecular Hbond substituents is 1. The molecule has 0 aliphatic carbocycles. The van der Waals surface area contributed by atoms with Gasteiger partial charge in [0.05, 0.1) is 27.6 Å². The van der Waals surface area contributed by atoms with Gasteiger partial charge in [0.15, 0.2) is 5.82 Å². The van der Waals surface area contributed by atoms with Crippen LogP contribution in [0.3, 0.4) is 0 Å². The highest BCUT2D eigenvalue weighted by atomic mass is 19.1. The molecule has 1 unspecified atom stereocenters. The molecule has 6 saturated heterocycles. The molecule has 18 nitrogen and oxygen atoms in total. The van der Waals surface area contributed by atoms with Crippen molar-refractivity contribution < 1.29 is 47.2 Å². The average Bonchev–Trinajstić information content (AvgIpc) is 4.10. The Bertz CT molecular complexity index is 3500. The standard InChI is InChI=1S/C59H69F3N10O8/c1-4-40-43(60)9-7-37-27-39(73)29-41(48(37)40)50-49(61)51-42(30-63-50)52(70-21-5-16-57(2,78)32-70)66-54(65-51)80-34-59-17-6-22-71(59)38(13-18-59)31-79-56(77)69-25-19-58(62,20-26-69)33-68-23-14-35(15-24-68)36-8-10-44-46(28-36)67(3)55(76)72(44)45-11-12-47(74)64-53(45)75/h7-10,27-30,35,38,45,73,78H,4-6,11-26,31-34H2,1-3H3,(H,64,74,75)/t38-,45?,57+,59-/m0/s1. The molecule has 6 aromatic rings. The van der Waals surface area contributed by atoms with Crippen LogP contribution in [0, 0.1) is 11.6 Å². The Labute approximate surface area is 460 Å². The van der Waals surface area contributed by atoms with Crippen molar-refractivity contribution >= 4 is 56.4 Å². The first-order valence-electron chi connectivity index (χ1n) is 28.5. The minimum atomic E-state index is -1.45. The van der Waals surface area contributed by atoms with Crippen LogP contribution in [0.4, 0.5) is 23.8 Å². The van der Waals surface area contributed by atoms with Gasteiger partial charge in [-0.1, -0.05) is 19.1 Å². The molecule has 0 radical (unpaired) electrons. The fourth-order valence-electron chi connectivity index (χ4n) is 14.1. The molecule has 3 aromatic heterocycles. The summed E-state index contributed by atoms with van der Waals surface area (Å²) in [7, 11) is 1.69. The summed E-state index contributed by atoms with van der Waals surface area (Å²) in [6, 6.07) is 10.8. The molecule has 80 heavy (non-hydrogen) atoms. The van der Waals surface area contributed by atoms with Crippen molar-refractivity contribution in [2.24, 2.45) is 7.05 Å². The van der Waals surface area contributed by atoms with Crippen LogP contribution in [0.15, 0.2) is 53.5 Å². The number of imidazole rings is 1. The largest absolute Gasteiger partial charge is 0.508 e. The van der Waals surface area contributed by atoms with Gasteiger partial charge >= 0.3 is 17.8 Å². The Morgan fingerprint density at radius 3 is 2.45 bits per heavy atom. The molecule has 6 aliphatic heterocycles. The maximum absolute atomic E-state index is 17.3. The third-order valence-corrected chi connectivity index (χ3v) is 18.4. The molecule has 12 rings (SSSR count). The quantitative estimate of drug-likeness (QED) is 0.101. The van der Waals surface area contributed by atoms with E-state index in [0.29, 0.717) is 72.0 Å². The van der Waals surface area contributed by atoms with Gasteiger partial charge in [-0.15, -0.1) is 0 Å². The smallest absolute Gasteiger partial charge is 0.409 e. The summed E-state index contributed by atoms with van der Waals surface area (Å²) in [5.74, 6) is -1.57. The van der Waals surface area contributed by atoms with E-state index in [1.807, 2.05) is 30.0 Å². The van der Waals surface area contributed by atoms with Crippen LogP contribution in [0.25, 0.3) is 44.0 Å². The first-order chi connectivity index (χ1) is 38.4. The average molecular weight is 1100 g/mol. The van der Waals surface area contributed by atoms with Gasteiger partial charge in [-0.25, -0.2) is 22.8 Å². The van der Waals surface area contributed by atoms with Crippen LogP contribution in [-0.2, 0) is 27.8 Å². The minimum Gasteiger partial charge on any atom is -0.508 e. The fraction of sp³-hybridized carbons (Fsp3) is 0.542. The SMILES string of the molecule is CCc1c(F)ccc2cc(O)cc(-c3ncc4c(N5CCC[C@@](C)(O)C5)nc(OC[C@@]56CCCN5[C@H](COC(=O)N5CCC(F)(CN7CCC(c8ccc9c(c8)n(C)c(=O)n9C8CCC(=O)NC8=O)CC7)CC5)CC6)nc4c3F)c12. The molecule has 9 heterocycles. The topological polar surface area (TPSA) is 201 Å². The van der Waals surface area contributed by atoms with Gasteiger partial charge in [-0.05, 0) is 149 Å². The monoisotopic (exact) mass is 1100 g/mol.